The molecule has 0 bridgehead atoms. The van der Waals surface area contributed by atoms with E-state index in [1.807, 2.05) is 0 Å². The summed E-state index contributed by atoms with van der Waals surface area (Å²) in [5, 5.41) is 5.27. The molecular formula is C13H14ClF3N2O. The Morgan fingerprint density at radius 2 is 2.05 bits per heavy atom. The van der Waals surface area contributed by atoms with Gasteiger partial charge in [-0.1, -0.05) is 17.7 Å². The van der Waals surface area contributed by atoms with E-state index < -0.39 is 17.8 Å². The first-order valence-corrected chi connectivity index (χ1v) is 6.67. The fraction of sp³-hybridized carbons (Fsp3) is 0.462. The number of hydrogen-bond donors (Lipinski definition) is 2. The standard InChI is InChI=1S/C13H14ClF3N2O/c14-9-5-3-4-8(13(15,16)17)11(9)19-10-6-1-2-7-18-12(10)20/h3-5,10,19H,1-2,6-7H2,(H,18,20). The molecule has 0 aromatic heterocycles. The lowest BCUT2D eigenvalue weighted by atomic mass is 10.1. The van der Waals surface area contributed by atoms with Gasteiger partial charge < -0.3 is 10.6 Å². The fourth-order valence-electron chi connectivity index (χ4n) is 2.16. The van der Waals surface area contributed by atoms with E-state index in [0.29, 0.717) is 13.0 Å². The fourth-order valence-corrected chi connectivity index (χ4v) is 2.39. The Morgan fingerprint density at radius 3 is 2.75 bits per heavy atom. The predicted octanol–water partition coefficient (Wildman–Crippen LogP) is 3.44. The second kappa shape index (κ2) is 5.91. The van der Waals surface area contributed by atoms with Crippen LogP contribution in [0.25, 0.3) is 0 Å². The molecule has 1 heterocycles. The smallest absolute Gasteiger partial charge is 0.372 e. The van der Waals surface area contributed by atoms with E-state index in [0.717, 1.165) is 18.9 Å². The van der Waals surface area contributed by atoms with Gasteiger partial charge in [0.05, 0.1) is 16.3 Å². The van der Waals surface area contributed by atoms with Gasteiger partial charge in [-0.2, -0.15) is 13.2 Å². The van der Waals surface area contributed by atoms with Crippen LogP contribution in [0.2, 0.25) is 5.02 Å². The van der Waals surface area contributed by atoms with E-state index in [2.05, 4.69) is 10.6 Å². The summed E-state index contributed by atoms with van der Waals surface area (Å²) in [7, 11) is 0. The number of alkyl halides is 3. The summed E-state index contributed by atoms with van der Waals surface area (Å²) in [5.74, 6) is -0.296. The van der Waals surface area contributed by atoms with Crippen molar-refractivity contribution in [1.29, 1.82) is 0 Å². The van der Waals surface area contributed by atoms with Crippen LogP contribution in [0.5, 0.6) is 0 Å². The van der Waals surface area contributed by atoms with Gasteiger partial charge in [0.1, 0.15) is 6.04 Å². The zero-order valence-corrected chi connectivity index (χ0v) is 11.3. The van der Waals surface area contributed by atoms with Gasteiger partial charge in [-0.15, -0.1) is 0 Å². The highest BCUT2D eigenvalue weighted by atomic mass is 35.5. The second-order valence-corrected chi connectivity index (χ2v) is 5.05. The summed E-state index contributed by atoms with van der Waals surface area (Å²) in [6.07, 6.45) is -2.45. The minimum Gasteiger partial charge on any atom is -0.372 e. The van der Waals surface area contributed by atoms with Gasteiger partial charge in [0.15, 0.2) is 0 Å². The number of nitrogens with one attached hydrogen (secondary N) is 2. The van der Waals surface area contributed by atoms with Crippen molar-refractivity contribution in [2.24, 2.45) is 0 Å². The largest absolute Gasteiger partial charge is 0.418 e. The molecule has 110 valence electrons. The molecular weight excluding hydrogens is 293 g/mol. The number of hydrogen-bond acceptors (Lipinski definition) is 2. The predicted molar refractivity (Wildman–Crippen MR) is 70.7 cm³/mol. The summed E-state index contributed by atoms with van der Waals surface area (Å²) >= 11 is 5.85. The van der Waals surface area contributed by atoms with Crippen LogP contribution in [0.3, 0.4) is 0 Å². The number of anilines is 1. The third kappa shape index (κ3) is 3.36. The van der Waals surface area contributed by atoms with E-state index in [9.17, 15) is 18.0 Å². The molecule has 2 rings (SSSR count). The van der Waals surface area contributed by atoms with Gasteiger partial charge in [0.25, 0.3) is 0 Å². The zero-order valence-electron chi connectivity index (χ0n) is 10.6. The lowest BCUT2D eigenvalue weighted by Crippen LogP contribution is -2.38. The number of para-hydroxylation sites is 1. The maximum atomic E-state index is 13.0. The Morgan fingerprint density at radius 1 is 1.30 bits per heavy atom. The van der Waals surface area contributed by atoms with Crippen molar-refractivity contribution in [3.63, 3.8) is 0 Å². The monoisotopic (exact) mass is 306 g/mol. The number of carbonyl (C=O) groups is 1. The lowest BCUT2D eigenvalue weighted by Gasteiger charge is -2.21. The lowest BCUT2D eigenvalue weighted by molar-refractivity contribution is -0.137. The van der Waals surface area contributed by atoms with Crippen LogP contribution >= 0.6 is 11.6 Å². The molecule has 1 aromatic carbocycles. The molecule has 1 atom stereocenters. The SMILES string of the molecule is O=C1NCCCCC1Nc1c(Cl)cccc1C(F)(F)F. The maximum absolute atomic E-state index is 13.0. The number of benzene rings is 1. The Labute approximate surface area is 119 Å². The van der Waals surface area contributed by atoms with Crippen molar-refractivity contribution in [1.82, 2.24) is 5.32 Å². The van der Waals surface area contributed by atoms with Crippen LogP contribution in [-0.2, 0) is 11.0 Å². The van der Waals surface area contributed by atoms with Crippen molar-refractivity contribution >= 4 is 23.2 Å². The van der Waals surface area contributed by atoms with E-state index in [4.69, 9.17) is 11.6 Å². The van der Waals surface area contributed by atoms with Crippen molar-refractivity contribution in [2.45, 2.75) is 31.5 Å². The zero-order chi connectivity index (χ0) is 14.8. The molecule has 1 fully saturated rings. The van der Waals surface area contributed by atoms with Crippen molar-refractivity contribution in [3.05, 3.63) is 28.8 Å². The summed E-state index contributed by atoms with van der Waals surface area (Å²) < 4.78 is 38.9. The molecule has 0 aliphatic carbocycles. The molecule has 7 heteroatoms. The summed E-state index contributed by atoms with van der Waals surface area (Å²) in [6, 6.07) is 2.86. The minimum atomic E-state index is -4.52. The third-order valence-corrected chi connectivity index (χ3v) is 3.49. The van der Waals surface area contributed by atoms with Gasteiger partial charge in [-0.25, -0.2) is 0 Å². The van der Waals surface area contributed by atoms with Gasteiger partial charge in [-0.3, -0.25) is 4.79 Å². The van der Waals surface area contributed by atoms with Crippen LogP contribution in [0, 0.1) is 0 Å². The molecule has 0 radical (unpaired) electrons. The minimum absolute atomic E-state index is 0.0446. The Kier molecular flexibility index (Phi) is 4.42. The molecule has 1 saturated heterocycles. The maximum Gasteiger partial charge on any atom is 0.418 e. The summed E-state index contributed by atoms with van der Waals surface area (Å²) in [5.41, 5.74) is -1.09. The molecule has 20 heavy (non-hydrogen) atoms. The molecule has 3 nitrogen and oxygen atoms in total. The first kappa shape index (κ1) is 15.0. The molecule has 0 saturated carbocycles. The van der Waals surface area contributed by atoms with E-state index >= 15 is 0 Å². The van der Waals surface area contributed by atoms with Crippen LogP contribution in [-0.4, -0.2) is 18.5 Å². The van der Waals surface area contributed by atoms with Gasteiger partial charge in [0, 0.05) is 6.54 Å². The quantitative estimate of drug-likeness (QED) is 0.879. The van der Waals surface area contributed by atoms with Crippen molar-refractivity contribution < 1.29 is 18.0 Å². The normalized spacial score (nSPS) is 20.2. The third-order valence-electron chi connectivity index (χ3n) is 3.17. The number of halogens is 4. The highest BCUT2D eigenvalue weighted by Crippen LogP contribution is 2.39. The van der Waals surface area contributed by atoms with Gasteiger partial charge >= 0.3 is 6.18 Å². The van der Waals surface area contributed by atoms with Crippen molar-refractivity contribution in [2.75, 3.05) is 11.9 Å². The van der Waals surface area contributed by atoms with E-state index in [1.54, 1.807) is 0 Å². The molecule has 1 amide bonds. The number of carbonyl (C=O) groups excluding carboxylic acids is 1. The van der Waals surface area contributed by atoms with E-state index in [-0.39, 0.29) is 16.6 Å². The number of rotatable bonds is 2. The van der Waals surface area contributed by atoms with Crippen LogP contribution in [0.4, 0.5) is 18.9 Å². The van der Waals surface area contributed by atoms with Crippen LogP contribution < -0.4 is 10.6 Å². The molecule has 1 unspecified atom stereocenters. The van der Waals surface area contributed by atoms with Gasteiger partial charge in [-0.05, 0) is 31.4 Å². The summed E-state index contributed by atoms with van der Waals surface area (Å²) in [4.78, 5) is 11.8. The summed E-state index contributed by atoms with van der Waals surface area (Å²) in [6.45, 7) is 0.547. The molecule has 1 aliphatic rings. The Bertz CT molecular complexity index is 505. The first-order chi connectivity index (χ1) is 9.39. The average molecular weight is 307 g/mol. The van der Waals surface area contributed by atoms with Crippen LogP contribution in [0.15, 0.2) is 18.2 Å². The topological polar surface area (TPSA) is 41.1 Å². The molecule has 0 spiro atoms. The Balaban J connectivity index is 2.30. The highest BCUT2D eigenvalue weighted by molar-refractivity contribution is 6.33. The first-order valence-electron chi connectivity index (χ1n) is 6.29. The van der Waals surface area contributed by atoms with Crippen LogP contribution in [0.1, 0.15) is 24.8 Å². The van der Waals surface area contributed by atoms with E-state index in [1.165, 1.54) is 12.1 Å². The molecule has 2 N–H and O–H groups in total. The Hall–Kier alpha value is -1.43. The highest BCUT2D eigenvalue weighted by Gasteiger charge is 2.35. The molecule has 1 aliphatic heterocycles. The van der Waals surface area contributed by atoms with Crippen molar-refractivity contribution in [3.8, 4) is 0 Å². The second-order valence-electron chi connectivity index (χ2n) is 4.64. The number of amides is 1. The van der Waals surface area contributed by atoms with Gasteiger partial charge in [0.2, 0.25) is 5.91 Å². The molecule has 1 aromatic rings. The average Bonchev–Trinajstić information content (AvgIpc) is 2.56.